The van der Waals surface area contributed by atoms with Gasteiger partial charge in [0, 0.05) is 4.75 Å². The number of aryl methyl sites for hydroxylation is 1. The molecule has 1 unspecified atom stereocenters. The van der Waals surface area contributed by atoms with E-state index in [1.807, 2.05) is 6.92 Å². The van der Waals surface area contributed by atoms with Crippen LogP contribution in [0.15, 0.2) is 12.1 Å². The Morgan fingerprint density at radius 3 is 2.18 bits per heavy atom. The largest absolute Gasteiger partial charge is 0.496 e. The van der Waals surface area contributed by atoms with E-state index in [-0.39, 0.29) is 5.56 Å². The number of β-lactam (4-membered cyclic amide) rings is 1. The van der Waals surface area contributed by atoms with Gasteiger partial charge in [-0.05, 0) is 45.4 Å². The lowest BCUT2D eigenvalue weighted by Gasteiger charge is -2.51. The minimum atomic E-state index is -1.22. The number of rotatable bonds is 5. The summed E-state index contributed by atoms with van der Waals surface area (Å²) in [4.78, 5) is 39.0. The molecule has 0 saturated carbocycles. The zero-order chi connectivity index (χ0) is 21.0. The number of hydrogen-bond donors (Lipinski definition) is 2. The molecule has 2 N–H and O–H groups in total. The number of fused-ring (bicyclic) bond motifs is 1. The standard InChI is InChI=1S/C19H24N2O6S/c1-9-7-10(26-5)12(11(8-9)27-6)14(22)20-19(4)16(25)21-13(15(23)24)18(2,3)28-17(19)21/h7-8,13,17H,1-6H3,(H,20,22)(H,23,24)/t13-,17+,19?/m0/s1. The van der Waals surface area contributed by atoms with Crippen LogP contribution in [0.5, 0.6) is 11.5 Å². The van der Waals surface area contributed by atoms with E-state index in [0.717, 1.165) is 5.56 Å². The smallest absolute Gasteiger partial charge is 0.327 e. The second kappa shape index (κ2) is 6.58. The van der Waals surface area contributed by atoms with Gasteiger partial charge in [0.1, 0.15) is 34.0 Å². The summed E-state index contributed by atoms with van der Waals surface area (Å²) in [6, 6.07) is 2.48. The molecular formula is C19H24N2O6S. The minimum Gasteiger partial charge on any atom is -0.496 e. The summed E-state index contributed by atoms with van der Waals surface area (Å²) >= 11 is 1.37. The van der Waals surface area contributed by atoms with Crippen molar-refractivity contribution < 1.29 is 29.0 Å². The Kier molecular flexibility index (Phi) is 4.77. The molecule has 2 aliphatic heterocycles. The van der Waals surface area contributed by atoms with Crippen molar-refractivity contribution in [3.63, 3.8) is 0 Å². The lowest BCUT2D eigenvalue weighted by atomic mass is 9.86. The number of nitrogens with one attached hydrogen (secondary N) is 1. The molecule has 8 nitrogen and oxygen atoms in total. The lowest BCUT2D eigenvalue weighted by molar-refractivity contribution is -0.165. The van der Waals surface area contributed by atoms with Gasteiger partial charge in [-0.1, -0.05) is 0 Å². The Morgan fingerprint density at radius 1 is 1.18 bits per heavy atom. The molecule has 2 amide bonds. The van der Waals surface area contributed by atoms with Crippen LogP contribution in [0.1, 0.15) is 36.7 Å². The van der Waals surface area contributed by atoms with Gasteiger partial charge in [0.05, 0.1) is 14.2 Å². The number of hydrogen-bond acceptors (Lipinski definition) is 6. The molecule has 0 radical (unpaired) electrons. The number of methoxy groups -OCH3 is 2. The van der Waals surface area contributed by atoms with Crippen LogP contribution in [0.2, 0.25) is 0 Å². The average molecular weight is 408 g/mol. The summed E-state index contributed by atoms with van der Waals surface area (Å²) < 4.78 is 9.99. The van der Waals surface area contributed by atoms with Gasteiger partial charge < -0.3 is 24.8 Å². The molecule has 0 bridgehead atoms. The molecule has 2 saturated heterocycles. The van der Waals surface area contributed by atoms with E-state index < -0.39 is 39.5 Å². The number of aliphatic carboxylic acids is 1. The van der Waals surface area contributed by atoms with Crippen LogP contribution in [0, 0.1) is 6.92 Å². The van der Waals surface area contributed by atoms with Gasteiger partial charge in [0.2, 0.25) is 0 Å². The van der Waals surface area contributed by atoms with Crippen LogP contribution in [-0.4, -0.2) is 63.7 Å². The number of carboxylic acids is 1. The molecule has 1 aromatic rings. The van der Waals surface area contributed by atoms with Gasteiger partial charge in [-0.2, -0.15) is 0 Å². The van der Waals surface area contributed by atoms with Crippen LogP contribution >= 0.6 is 11.8 Å². The van der Waals surface area contributed by atoms with Crippen molar-refractivity contribution in [3.05, 3.63) is 23.3 Å². The summed E-state index contributed by atoms with van der Waals surface area (Å²) in [6.07, 6.45) is 0. The minimum absolute atomic E-state index is 0.195. The first-order valence-corrected chi connectivity index (χ1v) is 9.64. The van der Waals surface area contributed by atoms with Crippen molar-refractivity contribution in [1.29, 1.82) is 0 Å². The Balaban J connectivity index is 1.93. The maximum Gasteiger partial charge on any atom is 0.327 e. The molecule has 1 aromatic carbocycles. The quantitative estimate of drug-likeness (QED) is 0.714. The molecule has 152 valence electrons. The summed E-state index contributed by atoms with van der Waals surface area (Å²) in [5, 5.41) is 11.9. The van der Waals surface area contributed by atoms with Crippen LogP contribution in [0.25, 0.3) is 0 Å². The van der Waals surface area contributed by atoms with E-state index >= 15 is 0 Å². The monoisotopic (exact) mass is 408 g/mol. The fourth-order valence-corrected chi connectivity index (χ4v) is 5.55. The third-order valence-corrected chi connectivity index (χ3v) is 7.01. The highest BCUT2D eigenvalue weighted by Crippen LogP contribution is 2.54. The van der Waals surface area contributed by atoms with Crippen molar-refractivity contribution in [2.45, 2.75) is 49.4 Å². The summed E-state index contributed by atoms with van der Waals surface area (Å²) in [5.41, 5.74) is -0.163. The number of carbonyl (C=O) groups excluding carboxylic acids is 2. The zero-order valence-electron chi connectivity index (χ0n) is 16.7. The number of nitrogens with zero attached hydrogens (tertiary/aromatic N) is 1. The Bertz CT molecular complexity index is 845. The van der Waals surface area contributed by atoms with Crippen molar-refractivity contribution in [3.8, 4) is 11.5 Å². The molecular weight excluding hydrogens is 384 g/mol. The van der Waals surface area contributed by atoms with Crippen LogP contribution in [-0.2, 0) is 9.59 Å². The molecule has 28 heavy (non-hydrogen) atoms. The van der Waals surface area contributed by atoms with Crippen molar-refractivity contribution in [2.24, 2.45) is 0 Å². The van der Waals surface area contributed by atoms with E-state index in [1.54, 1.807) is 32.9 Å². The molecule has 9 heteroatoms. The number of thioether (sulfide) groups is 1. The second-order valence-corrected chi connectivity index (χ2v) is 9.46. The molecule has 0 aliphatic carbocycles. The van der Waals surface area contributed by atoms with Gasteiger partial charge in [-0.25, -0.2) is 4.79 Å². The maximum absolute atomic E-state index is 13.1. The van der Waals surface area contributed by atoms with E-state index in [4.69, 9.17) is 9.47 Å². The maximum atomic E-state index is 13.1. The SMILES string of the molecule is COc1cc(C)cc(OC)c1C(=O)NC1(C)C(=O)N2[C@@H](C(=O)O)C(C)(C)S[C@@H]21. The van der Waals surface area contributed by atoms with Crippen molar-refractivity contribution in [2.75, 3.05) is 14.2 Å². The van der Waals surface area contributed by atoms with Crippen LogP contribution < -0.4 is 14.8 Å². The van der Waals surface area contributed by atoms with Gasteiger partial charge in [-0.15, -0.1) is 11.8 Å². The highest BCUT2D eigenvalue weighted by molar-refractivity contribution is 8.01. The molecule has 2 heterocycles. The Hall–Kier alpha value is -2.42. The van der Waals surface area contributed by atoms with E-state index in [9.17, 15) is 19.5 Å². The Morgan fingerprint density at radius 2 is 1.71 bits per heavy atom. The highest BCUT2D eigenvalue weighted by Gasteiger charge is 2.70. The van der Waals surface area contributed by atoms with Crippen LogP contribution in [0.4, 0.5) is 0 Å². The third-order valence-electron chi connectivity index (χ3n) is 5.26. The first-order chi connectivity index (χ1) is 13.0. The average Bonchev–Trinajstić information content (AvgIpc) is 2.89. The molecule has 0 spiro atoms. The summed E-state index contributed by atoms with van der Waals surface area (Å²) in [5.74, 6) is -1.31. The molecule has 2 fully saturated rings. The van der Waals surface area contributed by atoms with Gasteiger partial charge in [0.25, 0.3) is 11.8 Å². The predicted octanol–water partition coefficient (Wildman–Crippen LogP) is 1.65. The van der Waals surface area contributed by atoms with Gasteiger partial charge in [0.15, 0.2) is 0 Å². The summed E-state index contributed by atoms with van der Waals surface area (Å²) in [6.45, 7) is 7.05. The number of carboxylic acid groups (broad SMARTS) is 1. The van der Waals surface area contributed by atoms with E-state index in [1.165, 1.54) is 30.9 Å². The highest BCUT2D eigenvalue weighted by atomic mass is 32.2. The number of carbonyl (C=O) groups is 3. The summed E-state index contributed by atoms with van der Waals surface area (Å²) in [7, 11) is 2.91. The first-order valence-electron chi connectivity index (χ1n) is 8.76. The Labute approximate surface area is 167 Å². The van der Waals surface area contributed by atoms with E-state index in [2.05, 4.69) is 5.32 Å². The lowest BCUT2D eigenvalue weighted by Crippen LogP contribution is -2.78. The van der Waals surface area contributed by atoms with Gasteiger partial charge >= 0.3 is 5.97 Å². The topological polar surface area (TPSA) is 105 Å². The predicted molar refractivity (Wildman–Crippen MR) is 104 cm³/mol. The fourth-order valence-electron chi connectivity index (χ4n) is 3.90. The first kappa shape index (κ1) is 20.3. The number of ether oxygens (including phenoxy) is 2. The third kappa shape index (κ3) is 2.80. The zero-order valence-corrected chi connectivity index (χ0v) is 17.5. The van der Waals surface area contributed by atoms with Crippen LogP contribution in [0.3, 0.4) is 0 Å². The number of amides is 2. The molecule has 2 aliphatic rings. The normalized spacial score (nSPS) is 27.6. The molecule has 3 rings (SSSR count). The second-order valence-electron chi connectivity index (χ2n) is 7.73. The van der Waals surface area contributed by atoms with Gasteiger partial charge in [-0.3, -0.25) is 9.59 Å². The van der Waals surface area contributed by atoms with Crippen molar-refractivity contribution in [1.82, 2.24) is 10.2 Å². The molecule has 0 aromatic heterocycles. The van der Waals surface area contributed by atoms with E-state index in [0.29, 0.717) is 11.5 Å². The fraction of sp³-hybridized carbons (Fsp3) is 0.526. The molecule has 3 atom stereocenters. The number of benzene rings is 1. The van der Waals surface area contributed by atoms with Crippen molar-refractivity contribution >= 4 is 29.5 Å².